The topological polar surface area (TPSA) is 87.8 Å². The third kappa shape index (κ3) is 4.77. The number of fused-ring (bicyclic) bond motifs is 1. The van der Waals surface area contributed by atoms with E-state index >= 15 is 0 Å². The molecule has 1 aromatic heterocycles. The molecular weight excluding hydrogens is 397 g/mol. The predicted octanol–water partition coefficient (Wildman–Crippen LogP) is 4.27. The normalized spacial score (nSPS) is 12.1. The molecule has 0 atom stereocenters. The molecule has 2 aromatic carbocycles. The van der Waals surface area contributed by atoms with Crippen LogP contribution < -0.4 is 15.9 Å². The second kappa shape index (κ2) is 8.99. The van der Waals surface area contributed by atoms with Crippen molar-refractivity contribution in [2.75, 3.05) is 13.7 Å². The Kier molecular flexibility index (Phi) is 6.44. The molecule has 3 rings (SSSR count). The Hall–Kier alpha value is -2.70. The zero-order valence-corrected chi connectivity index (χ0v) is 17.1. The molecule has 0 aliphatic carbocycles. The molecule has 146 valence electrons. The first-order valence-electron chi connectivity index (χ1n) is 8.66. The minimum atomic E-state index is 0.241. The van der Waals surface area contributed by atoms with Crippen molar-refractivity contribution in [3.8, 4) is 5.75 Å². The highest BCUT2D eigenvalue weighted by Gasteiger charge is 2.07. The van der Waals surface area contributed by atoms with Crippen LogP contribution in [0, 0.1) is 6.92 Å². The van der Waals surface area contributed by atoms with Crippen molar-refractivity contribution in [1.29, 1.82) is 0 Å². The highest BCUT2D eigenvalue weighted by Crippen LogP contribution is 2.26. The highest BCUT2D eigenvalue weighted by molar-refractivity contribution is 6.42. The number of aryl methyl sites for hydroxylation is 1. The smallest absolute Gasteiger partial charge is 0.209 e. The molecule has 0 spiro atoms. The van der Waals surface area contributed by atoms with Gasteiger partial charge in [0, 0.05) is 29.2 Å². The number of ether oxygens (including phenoxy) is 1. The average Bonchev–Trinajstić information content (AvgIpc) is 3.08. The van der Waals surface area contributed by atoms with Gasteiger partial charge in [-0.25, -0.2) is 5.43 Å². The van der Waals surface area contributed by atoms with E-state index < -0.39 is 0 Å². The number of nitrogens with two attached hydrogens (primary N) is 1. The largest absolute Gasteiger partial charge is 0.497 e. The summed E-state index contributed by atoms with van der Waals surface area (Å²) >= 11 is 11.9. The summed E-state index contributed by atoms with van der Waals surface area (Å²) in [6, 6.07) is 9.46. The Morgan fingerprint density at radius 1 is 1.25 bits per heavy atom. The maximum Gasteiger partial charge on any atom is 0.209 e. The first-order valence-corrected chi connectivity index (χ1v) is 9.42. The van der Waals surface area contributed by atoms with Crippen LogP contribution >= 0.6 is 23.2 Å². The van der Waals surface area contributed by atoms with Gasteiger partial charge in [-0.1, -0.05) is 29.3 Å². The molecule has 0 amide bonds. The third-order valence-electron chi connectivity index (χ3n) is 4.28. The van der Waals surface area contributed by atoms with Gasteiger partial charge in [0.1, 0.15) is 5.75 Å². The molecule has 0 saturated heterocycles. The van der Waals surface area contributed by atoms with Crippen molar-refractivity contribution in [2.24, 2.45) is 15.8 Å². The molecule has 0 radical (unpaired) electrons. The first-order chi connectivity index (χ1) is 13.5. The first kappa shape index (κ1) is 20.0. The van der Waals surface area contributed by atoms with Crippen molar-refractivity contribution < 1.29 is 4.74 Å². The number of methoxy groups -OCH3 is 1. The average molecular weight is 418 g/mol. The number of benzene rings is 2. The van der Waals surface area contributed by atoms with Crippen LogP contribution in [-0.2, 0) is 6.42 Å². The quantitative estimate of drug-likeness (QED) is 0.317. The summed E-state index contributed by atoms with van der Waals surface area (Å²) in [7, 11) is 1.65. The monoisotopic (exact) mass is 417 g/mol. The van der Waals surface area contributed by atoms with Gasteiger partial charge in [0.25, 0.3) is 0 Å². The van der Waals surface area contributed by atoms with Gasteiger partial charge >= 0.3 is 0 Å². The van der Waals surface area contributed by atoms with Crippen LogP contribution in [0.1, 0.15) is 16.7 Å². The number of H-pyrrole nitrogens is 1. The SMILES string of the molecule is COc1cc(C)c2[nH]cc(/C=N/NC(N)=NCCc3ccc(Cl)c(Cl)c3)c2c1. The Bertz CT molecular complexity index is 1040. The minimum Gasteiger partial charge on any atom is -0.497 e. The molecule has 3 aromatic rings. The number of aliphatic imine (C=N–C) groups is 1. The lowest BCUT2D eigenvalue weighted by Gasteiger charge is -2.03. The zero-order valence-electron chi connectivity index (χ0n) is 15.6. The van der Waals surface area contributed by atoms with Gasteiger partial charge in [0.05, 0.1) is 23.4 Å². The molecule has 28 heavy (non-hydrogen) atoms. The van der Waals surface area contributed by atoms with Crippen LogP contribution in [0.15, 0.2) is 46.6 Å². The van der Waals surface area contributed by atoms with Crippen molar-refractivity contribution in [2.45, 2.75) is 13.3 Å². The molecule has 0 fully saturated rings. The van der Waals surface area contributed by atoms with E-state index in [1.807, 2.05) is 37.4 Å². The van der Waals surface area contributed by atoms with E-state index in [2.05, 4.69) is 20.5 Å². The van der Waals surface area contributed by atoms with Crippen LogP contribution in [0.4, 0.5) is 0 Å². The standard InChI is InChI=1S/C20H21Cl2N5O/c1-12-7-15(28-2)9-16-14(10-25-19(12)16)11-26-27-20(23)24-6-5-13-3-4-17(21)18(22)8-13/h3-4,7-11,25H,5-6H2,1-2H3,(H3,23,24,27)/b26-11+. The summed E-state index contributed by atoms with van der Waals surface area (Å²) in [6.45, 7) is 2.54. The maximum absolute atomic E-state index is 6.01. The van der Waals surface area contributed by atoms with Gasteiger partial charge in [-0.3, -0.25) is 4.99 Å². The summed E-state index contributed by atoms with van der Waals surface area (Å²) in [5.41, 5.74) is 12.7. The number of guanidine groups is 1. The Morgan fingerprint density at radius 3 is 2.82 bits per heavy atom. The number of nitrogens with one attached hydrogen (secondary N) is 2. The molecule has 0 bridgehead atoms. The summed E-state index contributed by atoms with van der Waals surface area (Å²) in [5, 5.41) is 6.26. The molecule has 0 saturated carbocycles. The highest BCUT2D eigenvalue weighted by atomic mass is 35.5. The van der Waals surface area contributed by atoms with Gasteiger partial charge in [-0.15, -0.1) is 0 Å². The molecule has 4 N–H and O–H groups in total. The molecule has 8 heteroatoms. The maximum atomic E-state index is 6.01. The van der Waals surface area contributed by atoms with Crippen molar-refractivity contribution in [3.63, 3.8) is 0 Å². The molecule has 6 nitrogen and oxygen atoms in total. The minimum absolute atomic E-state index is 0.241. The summed E-state index contributed by atoms with van der Waals surface area (Å²) in [4.78, 5) is 7.51. The fourth-order valence-corrected chi connectivity index (χ4v) is 3.15. The van der Waals surface area contributed by atoms with E-state index in [-0.39, 0.29) is 5.96 Å². The van der Waals surface area contributed by atoms with Crippen molar-refractivity contribution in [3.05, 3.63) is 63.3 Å². The molecule has 0 unspecified atom stereocenters. The van der Waals surface area contributed by atoms with E-state index in [0.717, 1.165) is 33.3 Å². The van der Waals surface area contributed by atoms with Gasteiger partial charge in [0.15, 0.2) is 0 Å². The number of nitrogens with zero attached hydrogens (tertiary/aromatic N) is 2. The Labute approximate surface area is 173 Å². The number of halogens is 2. The number of hydrogen-bond donors (Lipinski definition) is 3. The fourth-order valence-electron chi connectivity index (χ4n) is 2.83. The van der Waals surface area contributed by atoms with Crippen molar-refractivity contribution in [1.82, 2.24) is 10.4 Å². The number of rotatable bonds is 6. The molecule has 0 aliphatic heterocycles. The predicted molar refractivity (Wildman–Crippen MR) is 117 cm³/mol. The van der Waals surface area contributed by atoms with Gasteiger partial charge in [-0.05, 0) is 48.7 Å². The molecule has 0 aliphatic rings. The summed E-state index contributed by atoms with van der Waals surface area (Å²) in [5.74, 6) is 1.04. The lowest BCUT2D eigenvalue weighted by Crippen LogP contribution is -2.27. The third-order valence-corrected chi connectivity index (χ3v) is 5.02. The Balaban J connectivity index is 1.60. The van der Waals surface area contributed by atoms with Crippen LogP contribution in [0.2, 0.25) is 10.0 Å². The summed E-state index contributed by atoms with van der Waals surface area (Å²) in [6.07, 6.45) is 4.28. The number of hydrogen-bond acceptors (Lipinski definition) is 3. The second-order valence-corrected chi connectivity index (χ2v) is 7.06. The second-order valence-electron chi connectivity index (χ2n) is 6.25. The van der Waals surface area contributed by atoms with Crippen LogP contribution in [0.25, 0.3) is 10.9 Å². The van der Waals surface area contributed by atoms with Crippen LogP contribution in [0.3, 0.4) is 0 Å². The van der Waals surface area contributed by atoms with E-state index in [4.69, 9.17) is 33.7 Å². The van der Waals surface area contributed by atoms with Gasteiger partial charge in [0.2, 0.25) is 5.96 Å². The van der Waals surface area contributed by atoms with Crippen LogP contribution in [0.5, 0.6) is 5.75 Å². The molecular formula is C20H21Cl2N5O. The number of aromatic nitrogens is 1. The molecule has 1 heterocycles. The van der Waals surface area contributed by atoms with Gasteiger partial charge in [-0.2, -0.15) is 5.10 Å². The van der Waals surface area contributed by atoms with E-state index in [0.29, 0.717) is 23.0 Å². The lowest BCUT2D eigenvalue weighted by molar-refractivity contribution is 0.415. The number of hydrazone groups is 1. The number of aromatic amines is 1. The van der Waals surface area contributed by atoms with E-state index in [1.54, 1.807) is 19.4 Å². The van der Waals surface area contributed by atoms with Gasteiger partial charge < -0.3 is 15.5 Å². The Morgan fingerprint density at radius 2 is 2.07 bits per heavy atom. The van der Waals surface area contributed by atoms with E-state index in [1.165, 1.54) is 0 Å². The fraction of sp³-hybridized carbons (Fsp3) is 0.200. The van der Waals surface area contributed by atoms with Crippen LogP contribution in [-0.4, -0.2) is 30.8 Å². The zero-order chi connectivity index (χ0) is 20.1. The van der Waals surface area contributed by atoms with E-state index in [9.17, 15) is 0 Å². The van der Waals surface area contributed by atoms with Crippen molar-refractivity contribution >= 4 is 46.3 Å². The lowest BCUT2D eigenvalue weighted by atomic mass is 10.1. The summed E-state index contributed by atoms with van der Waals surface area (Å²) < 4.78 is 5.34.